The third-order valence-electron chi connectivity index (χ3n) is 3.03. The third kappa shape index (κ3) is 7.12. The van der Waals surface area contributed by atoms with E-state index in [2.05, 4.69) is 5.32 Å². The maximum Gasteiger partial charge on any atom is 0.490 e. The van der Waals surface area contributed by atoms with Crippen molar-refractivity contribution in [1.82, 2.24) is 0 Å². The number of amides is 1. The van der Waals surface area contributed by atoms with E-state index in [1.165, 1.54) is 24.3 Å². The highest BCUT2D eigenvalue weighted by atomic mass is 19.4. The smallest absolute Gasteiger partial charge is 0.475 e. The molecule has 2 aromatic rings. The summed E-state index contributed by atoms with van der Waals surface area (Å²) in [6.45, 7) is 0.441. The number of nitrogens with zero attached hydrogens (tertiary/aromatic N) is 1. The van der Waals surface area contributed by atoms with Crippen LogP contribution in [0.4, 0.5) is 24.5 Å². The van der Waals surface area contributed by atoms with E-state index in [0.29, 0.717) is 17.8 Å². The fraction of sp³-hybridized carbons (Fsp3) is 0.125. The standard InChI is InChI=1S/C14H13N3O3.C2HF3O2/c15-9-10-1-5-12(6-2-10)16-14(18)11-3-7-13(8-4-11)17(19)20;3-2(4,5)1(6)7/h1-8H,9,15H2,(H,16,18);(H,6,7). The molecule has 0 radical (unpaired) electrons. The van der Waals surface area contributed by atoms with Crippen LogP contribution in [0.15, 0.2) is 48.5 Å². The minimum absolute atomic E-state index is 0.0474. The number of halogens is 3. The maximum atomic E-state index is 11.9. The van der Waals surface area contributed by atoms with Crippen molar-refractivity contribution in [3.05, 3.63) is 69.8 Å². The number of non-ortho nitro benzene ring substituents is 1. The molecule has 0 spiro atoms. The molecule has 0 fully saturated rings. The van der Waals surface area contributed by atoms with Gasteiger partial charge < -0.3 is 16.2 Å². The highest BCUT2D eigenvalue weighted by Crippen LogP contribution is 2.15. The zero-order chi connectivity index (χ0) is 20.6. The second kappa shape index (κ2) is 9.29. The summed E-state index contributed by atoms with van der Waals surface area (Å²) in [5.74, 6) is -3.08. The van der Waals surface area contributed by atoms with Crippen LogP contribution in [0.2, 0.25) is 0 Å². The second-order valence-electron chi connectivity index (χ2n) is 4.96. The SMILES string of the molecule is NCc1ccc(NC(=O)c2ccc([N+](=O)[O-])cc2)cc1.O=C(O)C(F)(F)F. The van der Waals surface area contributed by atoms with Gasteiger partial charge in [0.25, 0.3) is 11.6 Å². The second-order valence-corrected chi connectivity index (χ2v) is 4.96. The number of hydrogen-bond donors (Lipinski definition) is 3. The molecule has 0 aromatic heterocycles. The first-order valence-electron chi connectivity index (χ1n) is 7.19. The summed E-state index contributed by atoms with van der Waals surface area (Å²) in [6, 6.07) is 12.6. The van der Waals surface area contributed by atoms with E-state index in [1.54, 1.807) is 12.1 Å². The first-order valence-corrected chi connectivity index (χ1v) is 7.19. The summed E-state index contributed by atoms with van der Waals surface area (Å²) in [6.07, 6.45) is -5.08. The average Bonchev–Trinajstić information content (AvgIpc) is 2.62. The summed E-state index contributed by atoms with van der Waals surface area (Å²) in [5.41, 5.74) is 7.42. The van der Waals surface area contributed by atoms with Gasteiger partial charge in [-0.25, -0.2) is 4.79 Å². The fourth-order valence-electron chi connectivity index (χ4n) is 1.66. The molecule has 0 aliphatic heterocycles. The summed E-state index contributed by atoms with van der Waals surface area (Å²) in [4.78, 5) is 30.9. The third-order valence-corrected chi connectivity index (χ3v) is 3.03. The number of nitro benzene ring substituents is 1. The highest BCUT2D eigenvalue weighted by Gasteiger charge is 2.38. The highest BCUT2D eigenvalue weighted by molar-refractivity contribution is 6.04. The first-order chi connectivity index (χ1) is 12.5. The van der Waals surface area contributed by atoms with Crippen molar-refractivity contribution in [2.24, 2.45) is 5.73 Å². The van der Waals surface area contributed by atoms with E-state index in [9.17, 15) is 28.1 Å². The van der Waals surface area contributed by atoms with Gasteiger partial charge in [-0.05, 0) is 29.8 Å². The van der Waals surface area contributed by atoms with Gasteiger partial charge in [-0.2, -0.15) is 13.2 Å². The van der Waals surface area contributed by atoms with Crippen LogP contribution in [-0.4, -0.2) is 28.1 Å². The molecule has 0 aliphatic rings. The van der Waals surface area contributed by atoms with Crippen molar-refractivity contribution in [1.29, 1.82) is 0 Å². The Balaban J connectivity index is 0.000000445. The zero-order valence-electron chi connectivity index (χ0n) is 13.6. The number of hydrogen-bond acceptors (Lipinski definition) is 5. The number of carbonyl (C=O) groups is 2. The molecule has 0 aliphatic carbocycles. The molecule has 144 valence electrons. The lowest BCUT2D eigenvalue weighted by atomic mass is 10.1. The number of carboxylic acids is 1. The van der Waals surface area contributed by atoms with Crippen LogP contribution in [0.3, 0.4) is 0 Å². The van der Waals surface area contributed by atoms with Gasteiger partial charge in [-0.1, -0.05) is 12.1 Å². The number of aliphatic carboxylic acids is 1. The van der Waals surface area contributed by atoms with Crippen LogP contribution in [0.1, 0.15) is 15.9 Å². The lowest BCUT2D eigenvalue weighted by Gasteiger charge is -2.06. The Labute approximate surface area is 150 Å². The molecule has 0 atom stereocenters. The molecule has 27 heavy (non-hydrogen) atoms. The summed E-state index contributed by atoms with van der Waals surface area (Å²) < 4.78 is 31.7. The van der Waals surface area contributed by atoms with Gasteiger partial charge in [0.15, 0.2) is 0 Å². The van der Waals surface area contributed by atoms with Crippen molar-refractivity contribution in [3.63, 3.8) is 0 Å². The summed E-state index contributed by atoms with van der Waals surface area (Å²) in [5, 5.41) is 20.4. The number of anilines is 1. The quantitative estimate of drug-likeness (QED) is 0.547. The molecule has 1 amide bonds. The lowest BCUT2D eigenvalue weighted by Crippen LogP contribution is -2.21. The van der Waals surface area contributed by atoms with Crippen molar-refractivity contribution in [3.8, 4) is 0 Å². The normalized spacial score (nSPS) is 10.4. The molecular weight excluding hydrogens is 371 g/mol. The van der Waals surface area contributed by atoms with Crippen LogP contribution < -0.4 is 11.1 Å². The Kier molecular flexibility index (Phi) is 7.42. The zero-order valence-corrected chi connectivity index (χ0v) is 13.6. The lowest BCUT2D eigenvalue weighted by molar-refractivity contribution is -0.384. The van der Waals surface area contributed by atoms with Crippen molar-refractivity contribution in [2.45, 2.75) is 12.7 Å². The predicted octanol–water partition coefficient (Wildman–Crippen LogP) is 2.94. The van der Waals surface area contributed by atoms with E-state index in [-0.39, 0.29) is 11.6 Å². The molecule has 0 saturated carbocycles. The van der Waals surface area contributed by atoms with E-state index in [4.69, 9.17) is 15.6 Å². The molecule has 0 unspecified atom stereocenters. The molecule has 2 rings (SSSR count). The molecule has 8 nitrogen and oxygen atoms in total. The molecule has 0 heterocycles. The van der Waals surface area contributed by atoms with E-state index < -0.39 is 17.1 Å². The van der Waals surface area contributed by atoms with Gasteiger partial charge in [0.1, 0.15) is 0 Å². The largest absolute Gasteiger partial charge is 0.490 e. The van der Waals surface area contributed by atoms with E-state index in [1.807, 2.05) is 12.1 Å². The summed E-state index contributed by atoms with van der Waals surface area (Å²) >= 11 is 0. The van der Waals surface area contributed by atoms with Gasteiger partial charge >= 0.3 is 12.1 Å². The Morgan fingerprint density at radius 3 is 1.93 bits per heavy atom. The van der Waals surface area contributed by atoms with Crippen LogP contribution in [-0.2, 0) is 11.3 Å². The van der Waals surface area contributed by atoms with Gasteiger partial charge in [-0.3, -0.25) is 14.9 Å². The number of rotatable bonds is 4. The molecule has 11 heteroatoms. The van der Waals surface area contributed by atoms with Gasteiger partial charge in [-0.15, -0.1) is 0 Å². The Morgan fingerprint density at radius 1 is 1.07 bits per heavy atom. The fourth-order valence-corrected chi connectivity index (χ4v) is 1.66. The average molecular weight is 385 g/mol. The number of carboxylic acid groups (broad SMARTS) is 1. The van der Waals surface area contributed by atoms with Crippen LogP contribution >= 0.6 is 0 Å². The van der Waals surface area contributed by atoms with E-state index in [0.717, 1.165) is 5.56 Å². The van der Waals surface area contributed by atoms with Crippen molar-refractivity contribution < 1.29 is 32.8 Å². The van der Waals surface area contributed by atoms with Gasteiger partial charge in [0.05, 0.1) is 4.92 Å². The number of benzene rings is 2. The number of nitrogens with one attached hydrogen (secondary N) is 1. The number of nitro groups is 1. The number of carbonyl (C=O) groups excluding carboxylic acids is 1. The summed E-state index contributed by atoms with van der Waals surface area (Å²) in [7, 11) is 0. The number of alkyl halides is 3. The molecule has 2 aromatic carbocycles. The number of nitrogens with two attached hydrogens (primary N) is 1. The Bertz CT molecular complexity index is 806. The topological polar surface area (TPSA) is 136 Å². The molecule has 0 bridgehead atoms. The Hall–Kier alpha value is -3.47. The minimum atomic E-state index is -5.08. The van der Waals surface area contributed by atoms with E-state index >= 15 is 0 Å². The molecular formula is C16H14F3N3O5. The Morgan fingerprint density at radius 2 is 1.56 bits per heavy atom. The van der Waals surface area contributed by atoms with Crippen LogP contribution in [0.25, 0.3) is 0 Å². The molecule has 0 saturated heterocycles. The van der Waals surface area contributed by atoms with Crippen LogP contribution in [0.5, 0.6) is 0 Å². The molecule has 4 N–H and O–H groups in total. The van der Waals surface area contributed by atoms with Crippen LogP contribution in [0, 0.1) is 10.1 Å². The van der Waals surface area contributed by atoms with Crippen molar-refractivity contribution in [2.75, 3.05) is 5.32 Å². The van der Waals surface area contributed by atoms with Crippen molar-refractivity contribution >= 4 is 23.3 Å². The van der Waals surface area contributed by atoms with Gasteiger partial charge in [0, 0.05) is 29.9 Å². The predicted molar refractivity (Wildman–Crippen MR) is 89.1 cm³/mol. The first kappa shape index (κ1) is 21.6. The maximum absolute atomic E-state index is 11.9. The van der Waals surface area contributed by atoms with Gasteiger partial charge in [0.2, 0.25) is 0 Å². The minimum Gasteiger partial charge on any atom is -0.475 e. The monoisotopic (exact) mass is 385 g/mol.